The molecule has 3 aromatic rings. The van der Waals surface area contributed by atoms with Gasteiger partial charge in [0, 0.05) is 32.3 Å². The van der Waals surface area contributed by atoms with Crippen molar-refractivity contribution in [1.82, 2.24) is 19.9 Å². The van der Waals surface area contributed by atoms with E-state index in [0.717, 1.165) is 11.1 Å². The van der Waals surface area contributed by atoms with Gasteiger partial charge in [0.1, 0.15) is 17.8 Å². The number of carbonyl (C=O) groups excluding carboxylic acids is 1. The molecule has 0 saturated heterocycles. The number of nitrogens with zero attached hydrogens (tertiary/aromatic N) is 3. The highest BCUT2D eigenvalue weighted by molar-refractivity contribution is 5.91. The predicted octanol–water partition coefficient (Wildman–Crippen LogP) is 1.79. The van der Waals surface area contributed by atoms with Crippen LogP contribution in [0.5, 0.6) is 0 Å². The summed E-state index contributed by atoms with van der Waals surface area (Å²) in [6.07, 6.45) is 1.48. The Balaban J connectivity index is 1.97. The van der Waals surface area contributed by atoms with Crippen LogP contribution < -0.4 is 16.2 Å². The fourth-order valence-corrected chi connectivity index (χ4v) is 3.29. The van der Waals surface area contributed by atoms with E-state index >= 15 is 0 Å². The molecule has 1 unspecified atom stereocenters. The minimum Gasteiger partial charge on any atom is -0.386 e. The number of carbonyl (C=O) groups is 1. The molecule has 0 aliphatic heterocycles. The van der Waals surface area contributed by atoms with Crippen molar-refractivity contribution in [2.45, 2.75) is 32.4 Å². The van der Waals surface area contributed by atoms with Crippen molar-refractivity contribution in [2.75, 3.05) is 25.6 Å². The number of anilines is 1. The summed E-state index contributed by atoms with van der Waals surface area (Å²) in [4.78, 5) is 33.6. The summed E-state index contributed by atoms with van der Waals surface area (Å²) in [6, 6.07) is 8.99. The van der Waals surface area contributed by atoms with Crippen LogP contribution >= 0.6 is 0 Å². The largest absolute Gasteiger partial charge is 0.386 e. The first-order valence-electron chi connectivity index (χ1n) is 10.3. The molecule has 0 bridgehead atoms. The summed E-state index contributed by atoms with van der Waals surface area (Å²) in [6.45, 7) is 5.64. The Morgan fingerprint density at radius 2 is 1.97 bits per heavy atom. The molecule has 0 radical (unpaired) electrons. The maximum atomic E-state index is 12.8. The van der Waals surface area contributed by atoms with Crippen molar-refractivity contribution >= 4 is 22.6 Å². The second-order valence-corrected chi connectivity index (χ2v) is 8.33. The predicted molar refractivity (Wildman–Crippen MR) is 123 cm³/mol. The standard InChI is InChI=1S/C23H29N5O4/c1-14(26-19(29)12-32-5)11-24-21-20-18(25-13-28(4)22(20)30)10-17(27-21)15-6-8-16(9-7-15)23(2,3)31/h6-10,13-14,31H,11-12H2,1-5H3,(H,24,27)(H,26,29). The lowest BCUT2D eigenvalue weighted by Crippen LogP contribution is -2.39. The average molecular weight is 440 g/mol. The number of nitrogens with one attached hydrogen (secondary N) is 2. The van der Waals surface area contributed by atoms with Gasteiger partial charge in [-0.2, -0.15) is 0 Å². The number of benzene rings is 1. The van der Waals surface area contributed by atoms with Gasteiger partial charge in [0.25, 0.3) is 5.56 Å². The lowest BCUT2D eigenvalue weighted by Gasteiger charge is -2.18. The van der Waals surface area contributed by atoms with E-state index in [1.165, 1.54) is 18.0 Å². The molecule has 3 N–H and O–H groups in total. The van der Waals surface area contributed by atoms with Crippen molar-refractivity contribution in [3.8, 4) is 11.3 Å². The third kappa shape index (κ3) is 5.30. The van der Waals surface area contributed by atoms with Crippen LogP contribution in [-0.4, -0.2) is 51.9 Å². The van der Waals surface area contributed by atoms with Crippen LogP contribution in [0.25, 0.3) is 22.2 Å². The van der Waals surface area contributed by atoms with Crippen LogP contribution in [0.15, 0.2) is 41.5 Å². The molecule has 3 rings (SSSR count). The molecular weight excluding hydrogens is 410 g/mol. The van der Waals surface area contributed by atoms with E-state index < -0.39 is 5.60 Å². The van der Waals surface area contributed by atoms with Gasteiger partial charge < -0.3 is 25.0 Å². The molecule has 1 amide bonds. The van der Waals surface area contributed by atoms with E-state index in [1.807, 2.05) is 31.2 Å². The third-order valence-corrected chi connectivity index (χ3v) is 5.05. The normalized spacial score (nSPS) is 12.6. The summed E-state index contributed by atoms with van der Waals surface area (Å²) in [5.41, 5.74) is 1.60. The van der Waals surface area contributed by atoms with Crippen LogP contribution in [0.1, 0.15) is 26.3 Å². The van der Waals surface area contributed by atoms with Gasteiger partial charge in [0.05, 0.1) is 23.1 Å². The highest BCUT2D eigenvalue weighted by Gasteiger charge is 2.17. The maximum absolute atomic E-state index is 12.8. The van der Waals surface area contributed by atoms with Gasteiger partial charge in [-0.25, -0.2) is 9.97 Å². The Morgan fingerprint density at radius 3 is 2.59 bits per heavy atom. The van der Waals surface area contributed by atoms with Gasteiger partial charge in [-0.3, -0.25) is 9.59 Å². The Labute approximate surface area is 186 Å². The first-order valence-corrected chi connectivity index (χ1v) is 10.3. The molecule has 1 atom stereocenters. The highest BCUT2D eigenvalue weighted by atomic mass is 16.5. The highest BCUT2D eigenvalue weighted by Crippen LogP contribution is 2.27. The number of fused-ring (bicyclic) bond motifs is 1. The molecule has 2 heterocycles. The number of aromatic nitrogens is 3. The fourth-order valence-electron chi connectivity index (χ4n) is 3.29. The number of hydrogen-bond donors (Lipinski definition) is 3. The Kier molecular flexibility index (Phi) is 6.90. The number of rotatable bonds is 8. The third-order valence-electron chi connectivity index (χ3n) is 5.05. The van der Waals surface area contributed by atoms with E-state index in [1.54, 1.807) is 27.0 Å². The zero-order valence-electron chi connectivity index (χ0n) is 19.0. The Hall–Kier alpha value is -3.30. The number of aryl methyl sites for hydroxylation is 1. The van der Waals surface area contributed by atoms with E-state index in [0.29, 0.717) is 29.0 Å². The minimum absolute atomic E-state index is 0.0217. The zero-order valence-corrected chi connectivity index (χ0v) is 19.0. The number of methoxy groups -OCH3 is 1. The second kappa shape index (κ2) is 9.46. The van der Waals surface area contributed by atoms with E-state index in [4.69, 9.17) is 4.74 Å². The molecule has 0 saturated carbocycles. The summed E-state index contributed by atoms with van der Waals surface area (Å²) < 4.78 is 6.23. The molecular formula is C23H29N5O4. The van der Waals surface area contributed by atoms with Gasteiger partial charge in [0.2, 0.25) is 5.91 Å². The number of hydrogen-bond acceptors (Lipinski definition) is 7. The molecule has 0 spiro atoms. The Morgan fingerprint density at radius 1 is 1.28 bits per heavy atom. The van der Waals surface area contributed by atoms with Gasteiger partial charge in [-0.1, -0.05) is 24.3 Å². The quantitative estimate of drug-likeness (QED) is 0.490. The number of aliphatic hydroxyl groups is 1. The number of amides is 1. The summed E-state index contributed by atoms with van der Waals surface area (Å²) in [7, 11) is 3.09. The lowest BCUT2D eigenvalue weighted by molar-refractivity contribution is -0.125. The monoisotopic (exact) mass is 439 g/mol. The van der Waals surface area contributed by atoms with Crippen molar-refractivity contribution in [3.63, 3.8) is 0 Å². The topological polar surface area (TPSA) is 118 Å². The maximum Gasteiger partial charge on any atom is 0.264 e. The van der Waals surface area contributed by atoms with E-state index in [9.17, 15) is 14.7 Å². The van der Waals surface area contributed by atoms with E-state index in [2.05, 4.69) is 20.6 Å². The molecule has 170 valence electrons. The SMILES string of the molecule is COCC(=O)NC(C)CNc1nc(-c2ccc(C(C)(C)O)cc2)cc2ncn(C)c(=O)c12. The van der Waals surface area contributed by atoms with Gasteiger partial charge in [-0.15, -0.1) is 0 Å². The Bertz CT molecular complexity index is 1170. The fraction of sp³-hybridized carbons (Fsp3) is 0.391. The zero-order chi connectivity index (χ0) is 23.5. The van der Waals surface area contributed by atoms with Crippen LogP contribution in [0, 0.1) is 0 Å². The van der Waals surface area contributed by atoms with Crippen molar-refractivity contribution in [3.05, 3.63) is 52.6 Å². The second-order valence-electron chi connectivity index (χ2n) is 8.33. The molecule has 0 fully saturated rings. The van der Waals surface area contributed by atoms with Gasteiger partial charge in [-0.05, 0) is 32.4 Å². The summed E-state index contributed by atoms with van der Waals surface area (Å²) in [5.74, 6) is 0.170. The van der Waals surface area contributed by atoms with Crippen LogP contribution in [-0.2, 0) is 22.2 Å². The number of ether oxygens (including phenoxy) is 1. The van der Waals surface area contributed by atoms with Crippen LogP contribution in [0.4, 0.5) is 5.82 Å². The molecule has 2 aromatic heterocycles. The van der Waals surface area contributed by atoms with E-state index in [-0.39, 0.29) is 24.1 Å². The summed E-state index contributed by atoms with van der Waals surface area (Å²) >= 11 is 0. The van der Waals surface area contributed by atoms with Crippen molar-refractivity contribution < 1.29 is 14.6 Å². The lowest BCUT2D eigenvalue weighted by atomic mass is 9.96. The summed E-state index contributed by atoms with van der Waals surface area (Å²) in [5, 5.41) is 16.6. The van der Waals surface area contributed by atoms with Gasteiger partial charge >= 0.3 is 0 Å². The molecule has 9 nitrogen and oxygen atoms in total. The van der Waals surface area contributed by atoms with Crippen molar-refractivity contribution in [1.29, 1.82) is 0 Å². The molecule has 1 aromatic carbocycles. The molecule has 32 heavy (non-hydrogen) atoms. The molecule has 9 heteroatoms. The number of pyridine rings is 1. The van der Waals surface area contributed by atoms with Crippen LogP contribution in [0.3, 0.4) is 0 Å². The van der Waals surface area contributed by atoms with Gasteiger partial charge in [0.15, 0.2) is 0 Å². The van der Waals surface area contributed by atoms with Crippen LogP contribution in [0.2, 0.25) is 0 Å². The van der Waals surface area contributed by atoms with Crippen molar-refractivity contribution in [2.24, 2.45) is 7.05 Å². The smallest absolute Gasteiger partial charge is 0.264 e. The first kappa shape index (κ1) is 23.4. The first-order chi connectivity index (χ1) is 15.1. The molecule has 0 aliphatic carbocycles. The average Bonchev–Trinajstić information content (AvgIpc) is 2.74. The minimum atomic E-state index is -0.945. The molecule has 0 aliphatic rings.